The first-order chi connectivity index (χ1) is 7.83. The molecule has 0 spiro atoms. The zero-order chi connectivity index (χ0) is 13.1. The first-order valence-electron chi connectivity index (χ1n) is 6.03. The van der Waals surface area contributed by atoms with Crippen LogP contribution in [0.25, 0.3) is 0 Å². The van der Waals surface area contributed by atoms with Gasteiger partial charge in [-0.05, 0) is 27.7 Å². The third-order valence-electron chi connectivity index (χ3n) is 2.67. The van der Waals surface area contributed by atoms with E-state index in [9.17, 15) is 4.79 Å². The van der Waals surface area contributed by atoms with Gasteiger partial charge in [0.25, 0.3) is 0 Å². The Morgan fingerprint density at radius 2 is 2.24 bits per heavy atom. The van der Waals surface area contributed by atoms with Crippen molar-refractivity contribution in [2.45, 2.75) is 45.4 Å². The number of morpholine rings is 1. The highest BCUT2D eigenvalue weighted by molar-refractivity contribution is 5.75. The molecule has 1 rings (SSSR count). The van der Waals surface area contributed by atoms with Gasteiger partial charge in [0, 0.05) is 13.1 Å². The fourth-order valence-corrected chi connectivity index (χ4v) is 1.74. The first-order valence-corrected chi connectivity index (χ1v) is 6.03. The summed E-state index contributed by atoms with van der Waals surface area (Å²) in [6.07, 6.45) is -0.200. The molecule has 1 fully saturated rings. The molecule has 1 N–H and O–H groups in total. The van der Waals surface area contributed by atoms with Crippen molar-refractivity contribution < 1.29 is 19.4 Å². The number of ether oxygens (including phenoxy) is 2. The number of hydrogen-bond acceptors (Lipinski definition) is 5. The zero-order valence-corrected chi connectivity index (χ0v) is 11.1. The minimum Gasteiger partial charge on any atom is -0.459 e. The number of nitrogens with zero attached hydrogens (tertiary/aromatic N) is 1. The van der Waals surface area contributed by atoms with E-state index in [2.05, 4.69) is 0 Å². The Bertz CT molecular complexity index is 262. The van der Waals surface area contributed by atoms with Crippen LogP contribution in [0.15, 0.2) is 0 Å². The van der Waals surface area contributed by atoms with Gasteiger partial charge in [-0.1, -0.05) is 0 Å². The monoisotopic (exact) mass is 245 g/mol. The van der Waals surface area contributed by atoms with Gasteiger partial charge in [-0.3, -0.25) is 9.69 Å². The van der Waals surface area contributed by atoms with Crippen molar-refractivity contribution in [3.8, 4) is 0 Å². The Balaban J connectivity index is 2.51. The van der Waals surface area contributed by atoms with Crippen LogP contribution in [0, 0.1) is 0 Å². The number of aliphatic hydroxyl groups is 1. The minimum absolute atomic E-state index is 0.0163. The number of rotatable bonds is 3. The topological polar surface area (TPSA) is 59.0 Å². The number of aliphatic hydroxyl groups excluding tert-OH is 1. The highest BCUT2D eigenvalue weighted by Gasteiger charge is 2.30. The van der Waals surface area contributed by atoms with Gasteiger partial charge in [0.1, 0.15) is 11.6 Å². The molecular formula is C12H23NO4. The molecule has 0 saturated carbocycles. The van der Waals surface area contributed by atoms with E-state index in [0.717, 1.165) is 0 Å². The van der Waals surface area contributed by atoms with Crippen molar-refractivity contribution in [1.82, 2.24) is 4.90 Å². The molecule has 1 saturated heterocycles. The molecule has 0 bridgehead atoms. The summed E-state index contributed by atoms with van der Waals surface area (Å²) in [4.78, 5) is 13.9. The van der Waals surface area contributed by atoms with E-state index in [1.807, 2.05) is 32.6 Å². The van der Waals surface area contributed by atoms with E-state index in [4.69, 9.17) is 14.6 Å². The Kier molecular flexibility index (Phi) is 4.91. The van der Waals surface area contributed by atoms with Crippen LogP contribution in [0.1, 0.15) is 27.7 Å². The molecule has 100 valence electrons. The van der Waals surface area contributed by atoms with E-state index in [0.29, 0.717) is 19.7 Å². The molecule has 2 unspecified atom stereocenters. The zero-order valence-electron chi connectivity index (χ0n) is 11.1. The fourth-order valence-electron chi connectivity index (χ4n) is 1.74. The quantitative estimate of drug-likeness (QED) is 0.730. The lowest BCUT2D eigenvalue weighted by Gasteiger charge is -2.36. The van der Waals surface area contributed by atoms with E-state index < -0.39 is 5.60 Å². The van der Waals surface area contributed by atoms with Gasteiger partial charge >= 0.3 is 5.97 Å². The highest BCUT2D eigenvalue weighted by Crippen LogP contribution is 2.14. The van der Waals surface area contributed by atoms with Gasteiger partial charge in [0.15, 0.2) is 0 Å². The van der Waals surface area contributed by atoms with E-state index >= 15 is 0 Å². The van der Waals surface area contributed by atoms with E-state index in [-0.39, 0.29) is 24.7 Å². The first kappa shape index (κ1) is 14.4. The number of hydrogen-bond donors (Lipinski definition) is 1. The van der Waals surface area contributed by atoms with Gasteiger partial charge in [0.2, 0.25) is 0 Å². The van der Waals surface area contributed by atoms with Gasteiger partial charge in [0.05, 0.1) is 19.3 Å². The Labute approximate surface area is 103 Å². The van der Waals surface area contributed by atoms with E-state index in [1.165, 1.54) is 0 Å². The molecule has 5 heteroatoms. The van der Waals surface area contributed by atoms with Crippen LogP contribution < -0.4 is 0 Å². The fraction of sp³-hybridized carbons (Fsp3) is 0.917. The molecule has 0 amide bonds. The van der Waals surface area contributed by atoms with Gasteiger partial charge in [-0.25, -0.2) is 0 Å². The van der Waals surface area contributed by atoms with Crippen LogP contribution in [0.2, 0.25) is 0 Å². The lowest BCUT2D eigenvalue weighted by molar-refractivity contribution is -0.164. The summed E-state index contributed by atoms with van der Waals surface area (Å²) in [5.41, 5.74) is -0.464. The standard InChI is InChI=1S/C12H23NO4/c1-9(11(15)17-12(2,3)4)13-5-6-16-10(7-13)8-14/h9-10,14H,5-8H2,1-4H3. The van der Waals surface area contributed by atoms with Crippen molar-refractivity contribution >= 4 is 5.97 Å². The Morgan fingerprint density at radius 1 is 1.59 bits per heavy atom. The second-order valence-electron chi connectivity index (χ2n) is 5.38. The second-order valence-corrected chi connectivity index (χ2v) is 5.38. The summed E-state index contributed by atoms with van der Waals surface area (Å²) < 4.78 is 10.7. The largest absolute Gasteiger partial charge is 0.459 e. The average molecular weight is 245 g/mol. The predicted molar refractivity (Wildman–Crippen MR) is 63.7 cm³/mol. The maximum atomic E-state index is 11.9. The maximum Gasteiger partial charge on any atom is 0.323 e. The summed E-state index contributed by atoms with van der Waals surface area (Å²) in [6.45, 7) is 9.17. The smallest absolute Gasteiger partial charge is 0.323 e. The van der Waals surface area contributed by atoms with Crippen LogP contribution in [-0.4, -0.2) is 60.0 Å². The van der Waals surface area contributed by atoms with Crippen LogP contribution in [0.4, 0.5) is 0 Å². The second kappa shape index (κ2) is 5.80. The predicted octanol–water partition coefficient (Wildman–Crippen LogP) is 0.410. The lowest BCUT2D eigenvalue weighted by Crippen LogP contribution is -2.51. The summed E-state index contributed by atoms with van der Waals surface area (Å²) in [6, 6.07) is -0.299. The molecule has 0 aliphatic carbocycles. The molecule has 5 nitrogen and oxygen atoms in total. The third kappa shape index (κ3) is 4.61. The molecule has 0 aromatic rings. The summed E-state index contributed by atoms with van der Waals surface area (Å²) in [5, 5.41) is 9.05. The molecule has 2 atom stereocenters. The van der Waals surface area contributed by atoms with Crippen molar-refractivity contribution in [2.24, 2.45) is 0 Å². The minimum atomic E-state index is -0.464. The number of esters is 1. The number of carbonyl (C=O) groups is 1. The van der Waals surface area contributed by atoms with Crippen molar-refractivity contribution in [3.63, 3.8) is 0 Å². The van der Waals surface area contributed by atoms with E-state index in [1.54, 1.807) is 0 Å². The molecule has 1 heterocycles. The van der Waals surface area contributed by atoms with Crippen LogP contribution in [-0.2, 0) is 14.3 Å². The summed E-state index contributed by atoms with van der Waals surface area (Å²) in [7, 11) is 0. The Morgan fingerprint density at radius 3 is 2.76 bits per heavy atom. The Hall–Kier alpha value is -0.650. The number of carbonyl (C=O) groups excluding carboxylic acids is 1. The van der Waals surface area contributed by atoms with Gasteiger partial charge in [-0.15, -0.1) is 0 Å². The van der Waals surface area contributed by atoms with Crippen LogP contribution >= 0.6 is 0 Å². The lowest BCUT2D eigenvalue weighted by atomic mass is 10.1. The molecule has 0 aromatic heterocycles. The van der Waals surface area contributed by atoms with Gasteiger partial charge < -0.3 is 14.6 Å². The van der Waals surface area contributed by atoms with Crippen LogP contribution in [0.3, 0.4) is 0 Å². The summed E-state index contributed by atoms with van der Waals surface area (Å²) >= 11 is 0. The SMILES string of the molecule is CC(C(=O)OC(C)(C)C)N1CCOC(CO)C1. The average Bonchev–Trinajstić information content (AvgIpc) is 2.26. The van der Waals surface area contributed by atoms with Crippen LogP contribution in [0.5, 0.6) is 0 Å². The van der Waals surface area contributed by atoms with Gasteiger partial charge in [-0.2, -0.15) is 0 Å². The highest BCUT2D eigenvalue weighted by atomic mass is 16.6. The molecular weight excluding hydrogens is 222 g/mol. The normalized spacial score (nSPS) is 24.4. The molecule has 0 aromatic carbocycles. The molecule has 1 aliphatic heterocycles. The van der Waals surface area contributed by atoms with Crippen molar-refractivity contribution in [2.75, 3.05) is 26.3 Å². The van der Waals surface area contributed by atoms with Crippen molar-refractivity contribution in [3.05, 3.63) is 0 Å². The molecule has 17 heavy (non-hydrogen) atoms. The maximum absolute atomic E-state index is 11.9. The third-order valence-corrected chi connectivity index (χ3v) is 2.67. The molecule has 0 radical (unpaired) electrons. The van der Waals surface area contributed by atoms with Crippen molar-refractivity contribution in [1.29, 1.82) is 0 Å². The summed E-state index contributed by atoms with van der Waals surface area (Å²) in [5.74, 6) is -0.226. The molecule has 1 aliphatic rings.